The number of rotatable bonds is 16. The van der Waals surface area contributed by atoms with Crippen LogP contribution in [0, 0.1) is 42.4 Å². The van der Waals surface area contributed by atoms with E-state index in [9.17, 15) is 0 Å². The van der Waals surface area contributed by atoms with Crippen molar-refractivity contribution in [3.8, 4) is 11.5 Å². The minimum atomic E-state index is 0.134. The molecule has 2 aromatic carbocycles. The Morgan fingerprint density at radius 2 is 0.857 bits per heavy atom. The zero-order valence-electron chi connectivity index (χ0n) is 48.2. The lowest BCUT2D eigenvalue weighted by Crippen LogP contribution is -2.09. The second-order valence-electron chi connectivity index (χ2n) is 22.7. The molecular formula is C64H100O6. The van der Waals surface area contributed by atoms with Crippen LogP contribution >= 0.6 is 0 Å². The summed E-state index contributed by atoms with van der Waals surface area (Å²) >= 11 is 0. The van der Waals surface area contributed by atoms with E-state index >= 15 is 0 Å². The molecule has 0 fully saturated rings. The predicted octanol–water partition coefficient (Wildman–Crippen LogP) is 19.0. The number of methoxy groups -OCH3 is 2. The summed E-state index contributed by atoms with van der Waals surface area (Å²) in [5, 5.41) is 0. The number of hydrogen-bond acceptors (Lipinski definition) is 6. The van der Waals surface area contributed by atoms with E-state index in [1.807, 2.05) is 56.2 Å². The van der Waals surface area contributed by atoms with Gasteiger partial charge in [-0.25, -0.2) is 0 Å². The van der Waals surface area contributed by atoms with Gasteiger partial charge in [-0.2, -0.15) is 0 Å². The maximum Gasteiger partial charge on any atom is 0.119 e. The standard InChI is InChI=1S/C12H20O.C11H18O.2C11H16O.C10H16O.C9H14O/c1-9(2)6-10-7-11(13-8-10)12(3,4)5;1-8(2)5-10-6-11(9(3)4)12-7-10;1-9(2)8-10-4-6-11(12-3)7-5-10;1-9(2)7-10-5-4-6-11(8-10)12-3;1-4-10-6-9(7-11-10)5-8(2)3;1-7(2)4-9-5-8(3)10-6-9/h7-9H,6H2,1-5H3;6-9H,5H2,1-4H3;4-7,9H,8H2,1-3H3;4-6,8-9H,7H2,1-3H3;6-8H,4-5H2,1-3H3;5-7H,4H2,1-3H3. The molecule has 0 aliphatic carbocycles. The lowest BCUT2D eigenvalue weighted by atomic mass is 9.92. The summed E-state index contributed by atoms with van der Waals surface area (Å²) in [6.07, 6.45) is 15.2. The van der Waals surface area contributed by atoms with Crippen LogP contribution in [-0.2, 0) is 50.4 Å². The first-order valence-electron chi connectivity index (χ1n) is 26.3. The number of furan rings is 4. The molecule has 392 valence electrons. The first kappa shape index (κ1) is 63.2. The SMILES string of the molecule is CC(C)Cc1coc(C(C)(C)C)c1.CC(C)Cc1coc(C(C)C)c1.CCc1cc(CC(C)C)co1.COc1ccc(CC(C)C)cc1.COc1cccc(CC(C)C)c1.Cc1cc(CC(C)C)co1. The quantitative estimate of drug-likeness (QED) is 0.0962. The van der Waals surface area contributed by atoms with E-state index in [1.54, 1.807) is 14.2 Å². The molecule has 0 bridgehead atoms. The molecule has 0 saturated heterocycles. The Morgan fingerprint density at radius 3 is 1.26 bits per heavy atom. The topological polar surface area (TPSA) is 71.0 Å². The van der Waals surface area contributed by atoms with Gasteiger partial charge in [0.05, 0.1) is 39.3 Å². The van der Waals surface area contributed by atoms with Crippen molar-refractivity contribution in [1.82, 2.24) is 0 Å². The molecule has 6 heteroatoms. The van der Waals surface area contributed by atoms with Gasteiger partial charge in [0.2, 0.25) is 0 Å². The fourth-order valence-electron chi connectivity index (χ4n) is 7.39. The van der Waals surface area contributed by atoms with Crippen LogP contribution in [0.4, 0.5) is 0 Å². The molecule has 6 aromatic rings. The molecule has 0 radical (unpaired) electrons. The van der Waals surface area contributed by atoms with Crippen LogP contribution in [0.5, 0.6) is 11.5 Å². The summed E-state index contributed by atoms with van der Waals surface area (Å²) in [5.74, 6) is 11.0. The highest BCUT2D eigenvalue weighted by Gasteiger charge is 2.18. The van der Waals surface area contributed by atoms with Gasteiger partial charge in [0, 0.05) is 17.8 Å². The van der Waals surface area contributed by atoms with Gasteiger partial charge in [-0.3, -0.25) is 0 Å². The molecule has 0 unspecified atom stereocenters. The van der Waals surface area contributed by atoms with Gasteiger partial charge in [0.1, 0.15) is 34.5 Å². The molecule has 0 saturated carbocycles. The maximum absolute atomic E-state index is 5.53. The summed E-state index contributed by atoms with van der Waals surface area (Å²) in [6, 6.07) is 25.1. The number of ether oxygens (including phenoxy) is 2. The first-order chi connectivity index (χ1) is 32.8. The highest BCUT2D eigenvalue weighted by Crippen LogP contribution is 2.25. The van der Waals surface area contributed by atoms with Crippen LogP contribution < -0.4 is 9.47 Å². The minimum absolute atomic E-state index is 0.134. The van der Waals surface area contributed by atoms with Crippen LogP contribution in [0.25, 0.3) is 0 Å². The zero-order valence-corrected chi connectivity index (χ0v) is 48.2. The smallest absolute Gasteiger partial charge is 0.119 e. The molecule has 0 N–H and O–H groups in total. The largest absolute Gasteiger partial charge is 0.497 e. The number of benzene rings is 2. The molecule has 70 heavy (non-hydrogen) atoms. The molecule has 0 spiro atoms. The third-order valence-corrected chi connectivity index (χ3v) is 10.6. The van der Waals surface area contributed by atoms with Crippen molar-refractivity contribution in [3.63, 3.8) is 0 Å². The Balaban J connectivity index is 0.000000421. The van der Waals surface area contributed by atoms with Gasteiger partial charge in [-0.1, -0.05) is 149 Å². The van der Waals surface area contributed by atoms with E-state index in [0.29, 0.717) is 23.7 Å². The molecule has 6 nitrogen and oxygen atoms in total. The third-order valence-electron chi connectivity index (χ3n) is 10.6. The van der Waals surface area contributed by atoms with Gasteiger partial charge in [0.25, 0.3) is 0 Å². The lowest BCUT2D eigenvalue weighted by molar-refractivity contribution is 0.408. The van der Waals surface area contributed by atoms with Crippen LogP contribution in [0.15, 0.2) is 116 Å². The molecule has 4 aromatic heterocycles. The normalized spacial score (nSPS) is 11.1. The van der Waals surface area contributed by atoms with E-state index in [0.717, 1.165) is 97.2 Å². The van der Waals surface area contributed by atoms with Crippen LogP contribution in [-0.4, -0.2) is 14.2 Å². The summed E-state index contributed by atoms with van der Waals surface area (Å²) in [6.45, 7) is 41.6. The Kier molecular flexibility index (Phi) is 30.4. The molecule has 4 heterocycles. The number of hydrogen-bond donors (Lipinski definition) is 0. The van der Waals surface area contributed by atoms with Gasteiger partial charge < -0.3 is 27.1 Å². The summed E-state index contributed by atoms with van der Waals surface area (Å²) in [4.78, 5) is 0. The van der Waals surface area contributed by atoms with Crippen molar-refractivity contribution in [1.29, 1.82) is 0 Å². The van der Waals surface area contributed by atoms with Crippen molar-refractivity contribution in [2.45, 2.75) is 188 Å². The van der Waals surface area contributed by atoms with E-state index in [-0.39, 0.29) is 5.41 Å². The second kappa shape index (κ2) is 33.7. The van der Waals surface area contributed by atoms with Crippen LogP contribution in [0.3, 0.4) is 0 Å². The second-order valence-corrected chi connectivity index (χ2v) is 22.7. The maximum atomic E-state index is 5.53. The summed E-state index contributed by atoms with van der Waals surface area (Å²) in [7, 11) is 3.39. The fourth-order valence-corrected chi connectivity index (χ4v) is 7.39. The predicted molar refractivity (Wildman–Crippen MR) is 299 cm³/mol. The van der Waals surface area contributed by atoms with Gasteiger partial charge >= 0.3 is 0 Å². The van der Waals surface area contributed by atoms with E-state index < -0.39 is 0 Å². The first-order valence-corrected chi connectivity index (χ1v) is 26.3. The minimum Gasteiger partial charge on any atom is -0.497 e. The van der Waals surface area contributed by atoms with Crippen molar-refractivity contribution in [2.24, 2.45) is 35.5 Å². The average molecular weight is 965 g/mol. The van der Waals surface area contributed by atoms with Crippen molar-refractivity contribution in [2.75, 3.05) is 14.2 Å². The van der Waals surface area contributed by atoms with Crippen molar-refractivity contribution >= 4 is 0 Å². The third kappa shape index (κ3) is 29.4. The van der Waals surface area contributed by atoms with Gasteiger partial charge in [-0.05, 0) is 163 Å². The highest BCUT2D eigenvalue weighted by atomic mass is 16.5. The summed E-state index contributed by atoms with van der Waals surface area (Å²) < 4.78 is 31.6. The number of aryl methyl sites for hydroxylation is 2. The monoisotopic (exact) mass is 965 g/mol. The zero-order chi connectivity index (χ0) is 53.0. The molecule has 0 aliphatic rings. The molecule has 0 amide bonds. The Labute approximate surface area is 428 Å². The van der Waals surface area contributed by atoms with Gasteiger partial charge in [-0.15, -0.1) is 0 Å². The highest BCUT2D eigenvalue weighted by molar-refractivity contribution is 5.29. The Bertz CT molecular complexity index is 2170. The Morgan fingerprint density at radius 1 is 0.429 bits per heavy atom. The fraction of sp³-hybridized carbons (Fsp3) is 0.562. The van der Waals surface area contributed by atoms with E-state index in [1.165, 1.54) is 33.4 Å². The molecular weight excluding hydrogens is 865 g/mol. The molecule has 6 rings (SSSR count). The van der Waals surface area contributed by atoms with Gasteiger partial charge in [0.15, 0.2) is 0 Å². The van der Waals surface area contributed by atoms with E-state index in [4.69, 9.17) is 27.1 Å². The summed E-state index contributed by atoms with van der Waals surface area (Å²) in [5.41, 5.74) is 8.16. The molecule has 0 atom stereocenters. The van der Waals surface area contributed by atoms with Crippen molar-refractivity contribution in [3.05, 3.63) is 154 Å². The van der Waals surface area contributed by atoms with E-state index in [2.05, 4.69) is 173 Å². The van der Waals surface area contributed by atoms with Crippen LogP contribution in [0.2, 0.25) is 0 Å². The molecule has 0 aliphatic heterocycles. The van der Waals surface area contributed by atoms with Crippen molar-refractivity contribution < 1.29 is 27.1 Å². The van der Waals surface area contributed by atoms with Crippen LogP contribution in [0.1, 0.15) is 187 Å². The average Bonchev–Trinajstić information content (AvgIpc) is 4.11. The lowest BCUT2D eigenvalue weighted by Gasteiger charge is -2.13. The Hall–Kier alpha value is -4.84.